The first-order valence-corrected chi connectivity index (χ1v) is 6.77. The van der Waals surface area contributed by atoms with Crippen LogP contribution in [0.3, 0.4) is 0 Å². The number of rotatable bonds is 3. The Balaban J connectivity index is 3.18. The van der Waals surface area contributed by atoms with Gasteiger partial charge in [-0.15, -0.1) is 0 Å². The summed E-state index contributed by atoms with van der Waals surface area (Å²) in [4.78, 5) is 10.3. The number of hydrogen-bond acceptors (Lipinski definition) is 3. The summed E-state index contributed by atoms with van der Waals surface area (Å²) in [6.45, 7) is 0. The minimum absolute atomic E-state index is 0.450. The van der Waals surface area contributed by atoms with Gasteiger partial charge in [0.2, 0.25) is 10.0 Å². The number of nitrogens with one attached hydrogen (secondary N) is 1. The summed E-state index contributed by atoms with van der Waals surface area (Å²) >= 11 is 5.48. The highest BCUT2D eigenvalue weighted by molar-refractivity contribution is 7.89. The lowest BCUT2D eigenvalue weighted by molar-refractivity contribution is -0.267. The third kappa shape index (κ3) is 3.80. The fourth-order valence-electron chi connectivity index (χ4n) is 1.11. The number of amides is 1. The zero-order chi connectivity index (χ0) is 16.6. The lowest BCUT2D eigenvalue weighted by Crippen LogP contribution is -2.47. The van der Waals surface area contributed by atoms with Crippen molar-refractivity contribution < 1.29 is 35.2 Å². The predicted molar refractivity (Wildman–Crippen MR) is 62.5 cm³/mol. The van der Waals surface area contributed by atoms with Crippen molar-refractivity contribution in [1.82, 2.24) is 0 Å². The van der Waals surface area contributed by atoms with E-state index in [0.717, 1.165) is 12.1 Å². The monoisotopic (exact) mass is 352 g/mol. The van der Waals surface area contributed by atoms with E-state index in [0.29, 0.717) is 6.07 Å². The Morgan fingerprint density at radius 3 is 2.14 bits per heavy atom. The molecule has 0 saturated carbocycles. The summed E-state index contributed by atoms with van der Waals surface area (Å²) in [5, 5.41) is 5.51. The van der Waals surface area contributed by atoms with Crippen molar-refractivity contribution in [2.24, 2.45) is 5.14 Å². The summed E-state index contributed by atoms with van der Waals surface area (Å²) in [7, 11) is -4.26. The van der Waals surface area contributed by atoms with Gasteiger partial charge in [0.05, 0.1) is 15.6 Å². The van der Waals surface area contributed by atoms with Crippen molar-refractivity contribution in [3.8, 4) is 0 Å². The van der Waals surface area contributed by atoms with E-state index in [-0.39, 0.29) is 0 Å². The van der Waals surface area contributed by atoms with Crippen LogP contribution in [0.5, 0.6) is 0 Å². The Labute approximate surface area is 119 Å². The van der Waals surface area contributed by atoms with Crippen LogP contribution >= 0.6 is 11.6 Å². The van der Waals surface area contributed by atoms with Crippen molar-refractivity contribution in [3.63, 3.8) is 0 Å². The van der Waals surface area contributed by atoms with Gasteiger partial charge < -0.3 is 5.32 Å². The molecule has 0 aliphatic heterocycles. The zero-order valence-corrected chi connectivity index (χ0v) is 11.3. The van der Waals surface area contributed by atoms with Crippen LogP contribution in [0.4, 0.5) is 27.6 Å². The normalized spacial score (nSPS) is 13.1. The maximum Gasteiger partial charge on any atom is 0.463 e. The van der Waals surface area contributed by atoms with Crippen LogP contribution in [-0.4, -0.2) is 26.4 Å². The number of benzene rings is 1. The molecule has 5 nitrogen and oxygen atoms in total. The molecule has 118 valence electrons. The van der Waals surface area contributed by atoms with E-state index in [1.807, 2.05) is 0 Å². The van der Waals surface area contributed by atoms with Gasteiger partial charge in [-0.1, -0.05) is 11.6 Å². The van der Waals surface area contributed by atoms with E-state index in [1.165, 1.54) is 5.32 Å². The molecule has 0 spiro atoms. The molecule has 1 rings (SSSR count). The van der Waals surface area contributed by atoms with Gasteiger partial charge in [0.25, 0.3) is 0 Å². The fraction of sp³-hybridized carbons (Fsp3) is 0.222. The first kappa shape index (κ1) is 17.6. The second-order valence-electron chi connectivity index (χ2n) is 3.71. The third-order valence-corrected chi connectivity index (χ3v) is 3.40. The zero-order valence-electron chi connectivity index (χ0n) is 9.71. The third-order valence-electron chi connectivity index (χ3n) is 2.16. The topological polar surface area (TPSA) is 89.3 Å². The molecule has 21 heavy (non-hydrogen) atoms. The van der Waals surface area contributed by atoms with Gasteiger partial charge in [0, 0.05) is 0 Å². The number of carbonyl (C=O) groups is 1. The Bertz CT molecular complexity index is 674. The van der Waals surface area contributed by atoms with Crippen LogP contribution < -0.4 is 10.5 Å². The highest BCUT2D eigenvalue weighted by Gasteiger charge is 2.63. The van der Waals surface area contributed by atoms with Crippen LogP contribution in [0.1, 0.15) is 0 Å². The lowest BCUT2D eigenvalue weighted by Gasteiger charge is -2.19. The molecule has 0 unspecified atom stereocenters. The molecule has 0 aliphatic carbocycles. The number of anilines is 1. The van der Waals surface area contributed by atoms with Gasteiger partial charge in [-0.3, -0.25) is 4.79 Å². The van der Waals surface area contributed by atoms with Gasteiger partial charge in [0.1, 0.15) is 0 Å². The number of hydrogen-bond donors (Lipinski definition) is 2. The summed E-state index contributed by atoms with van der Waals surface area (Å²) in [6.07, 6.45) is -6.11. The Morgan fingerprint density at radius 1 is 1.19 bits per heavy atom. The summed E-state index contributed by atoms with van der Waals surface area (Å²) in [5.41, 5.74) is -0.753. The fourth-order valence-corrected chi connectivity index (χ4v) is 1.81. The molecule has 0 atom stereocenters. The van der Waals surface area contributed by atoms with Crippen LogP contribution in [0, 0.1) is 0 Å². The Morgan fingerprint density at radius 2 is 1.71 bits per heavy atom. The lowest BCUT2D eigenvalue weighted by atomic mass is 10.2. The Hall–Kier alpha value is -1.46. The van der Waals surface area contributed by atoms with E-state index in [2.05, 4.69) is 0 Å². The van der Waals surface area contributed by atoms with Gasteiger partial charge >= 0.3 is 18.0 Å². The molecule has 1 amide bonds. The molecule has 0 bridgehead atoms. The predicted octanol–water partition coefficient (Wildman–Crippen LogP) is 2.12. The smallest absolute Gasteiger partial charge is 0.319 e. The minimum atomic E-state index is -6.11. The standard InChI is InChI=1S/C9H6ClF5N2O3S/c10-5-2-1-4(21(16,19)20)3-6(5)17-7(18)8(11,12)9(13,14)15/h1-3H,(H,17,18)(H2,16,19,20). The number of primary sulfonamides is 1. The summed E-state index contributed by atoms with van der Waals surface area (Å²) < 4.78 is 83.6. The first-order chi connectivity index (χ1) is 9.26. The van der Waals surface area contributed by atoms with Crippen LogP contribution in [0.25, 0.3) is 0 Å². The van der Waals surface area contributed by atoms with E-state index in [4.69, 9.17) is 16.7 Å². The second kappa shape index (κ2) is 5.39. The molecule has 3 N–H and O–H groups in total. The van der Waals surface area contributed by atoms with Gasteiger partial charge in [-0.25, -0.2) is 13.6 Å². The average Bonchev–Trinajstić information content (AvgIpc) is 2.28. The quantitative estimate of drug-likeness (QED) is 0.817. The molecule has 1 aromatic carbocycles. The summed E-state index contributed by atoms with van der Waals surface area (Å²) in [5.74, 6) is -8.38. The molecule has 0 saturated heterocycles. The van der Waals surface area contributed by atoms with E-state index in [1.54, 1.807) is 0 Å². The molecule has 0 radical (unpaired) electrons. The number of nitrogens with two attached hydrogens (primary N) is 1. The van der Waals surface area contributed by atoms with Crippen LogP contribution in [0.2, 0.25) is 5.02 Å². The Kier molecular flexibility index (Phi) is 4.51. The maximum absolute atomic E-state index is 12.8. The van der Waals surface area contributed by atoms with Crippen molar-refractivity contribution in [1.29, 1.82) is 0 Å². The van der Waals surface area contributed by atoms with Crippen LogP contribution in [0.15, 0.2) is 23.1 Å². The minimum Gasteiger partial charge on any atom is -0.319 e. The SMILES string of the molecule is NS(=O)(=O)c1ccc(Cl)c(NC(=O)C(F)(F)C(F)(F)F)c1. The van der Waals surface area contributed by atoms with E-state index < -0.39 is 43.6 Å². The van der Waals surface area contributed by atoms with Crippen molar-refractivity contribution in [2.45, 2.75) is 17.0 Å². The average molecular weight is 353 g/mol. The number of alkyl halides is 5. The summed E-state index contributed by atoms with van der Waals surface area (Å²) in [6, 6.07) is 2.31. The number of sulfonamides is 1. The highest BCUT2D eigenvalue weighted by Crippen LogP contribution is 2.37. The van der Waals surface area contributed by atoms with E-state index >= 15 is 0 Å². The van der Waals surface area contributed by atoms with Gasteiger partial charge in [-0.2, -0.15) is 22.0 Å². The second-order valence-corrected chi connectivity index (χ2v) is 5.68. The number of carbonyl (C=O) groups excluding carboxylic acids is 1. The first-order valence-electron chi connectivity index (χ1n) is 4.85. The van der Waals surface area contributed by atoms with Gasteiger partial charge in [-0.05, 0) is 18.2 Å². The van der Waals surface area contributed by atoms with Crippen molar-refractivity contribution in [3.05, 3.63) is 23.2 Å². The molecule has 12 heteroatoms. The molecule has 1 aromatic rings. The maximum atomic E-state index is 12.8. The molecular weight excluding hydrogens is 347 g/mol. The molecule has 0 fully saturated rings. The molecule has 0 heterocycles. The molecule has 0 aromatic heterocycles. The largest absolute Gasteiger partial charge is 0.463 e. The van der Waals surface area contributed by atoms with E-state index in [9.17, 15) is 35.2 Å². The van der Waals surface area contributed by atoms with Crippen LogP contribution in [-0.2, 0) is 14.8 Å². The molecule has 0 aliphatic rings. The van der Waals surface area contributed by atoms with Crippen molar-refractivity contribution >= 4 is 33.2 Å². The van der Waals surface area contributed by atoms with Crippen molar-refractivity contribution in [2.75, 3.05) is 5.32 Å². The molecular formula is C9H6ClF5N2O3S. The van der Waals surface area contributed by atoms with Gasteiger partial charge in [0.15, 0.2) is 0 Å². The number of halogens is 6. The highest BCUT2D eigenvalue weighted by atomic mass is 35.5.